The first kappa shape index (κ1) is 15.9. The molecule has 5 heteroatoms. The minimum absolute atomic E-state index is 0.172. The predicted molar refractivity (Wildman–Crippen MR) is 82.3 cm³/mol. The zero-order valence-corrected chi connectivity index (χ0v) is 13.4. The van der Waals surface area contributed by atoms with Crippen molar-refractivity contribution in [2.45, 2.75) is 19.5 Å². The fraction of sp³-hybridized carbons (Fsp3) is 0.250. The second-order valence-corrected chi connectivity index (χ2v) is 5.64. The van der Waals surface area contributed by atoms with Gasteiger partial charge < -0.3 is 10.1 Å². The molecule has 0 spiro atoms. The molecule has 2 rings (SSSR count). The molecule has 2 aromatic rings. The molecular formula is C16H16BrF2NO. The Bertz CT molecular complexity index is 634. The number of hydrogen-bond acceptors (Lipinski definition) is 2. The van der Waals surface area contributed by atoms with Crippen molar-refractivity contribution >= 4 is 15.9 Å². The van der Waals surface area contributed by atoms with Gasteiger partial charge in [0, 0.05) is 28.2 Å². The first-order chi connectivity index (χ1) is 10.0. The first-order valence-electron chi connectivity index (χ1n) is 6.52. The number of benzene rings is 2. The molecule has 0 aliphatic heterocycles. The predicted octanol–water partition coefficient (Wildman–Crippen LogP) is 4.59. The zero-order valence-electron chi connectivity index (χ0n) is 11.8. The van der Waals surface area contributed by atoms with Crippen molar-refractivity contribution in [3.8, 4) is 5.75 Å². The maximum atomic E-state index is 13.7. The molecule has 1 N–H and O–H groups in total. The summed E-state index contributed by atoms with van der Waals surface area (Å²) in [7, 11) is 1.54. The first-order valence-corrected chi connectivity index (χ1v) is 7.31. The highest BCUT2D eigenvalue weighted by Crippen LogP contribution is 2.26. The lowest BCUT2D eigenvalue weighted by atomic mass is 10.1. The van der Waals surface area contributed by atoms with E-state index in [2.05, 4.69) is 21.2 Å². The van der Waals surface area contributed by atoms with E-state index in [-0.39, 0.29) is 17.7 Å². The molecule has 0 aliphatic rings. The lowest BCUT2D eigenvalue weighted by Crippen LogP contribution is -2.19. The number of methoxy groups -OCH3 is 1. The van der Waals surface area contributed by atoms with E-state index >= 15 is 0 Å². The van der Waals surface area contributed by atoms with E-state index < -0.39 is 0 Å². The van der Waals surface area contributed by atoms with Crippen LogP contribution in [0, 0.1) is 11.6 Å². The third kappa shape index (κ3) is 4.02. The van der Waals surface area contributed by atoms with Crippen LogP contribution in [0.1, 0.15) is 24.1 Å². The second-order valence-electron chi connectivity index (χ2n) is 4.72. The molecule has 0 aliphatic carbocycles. The van der Waals surface area contributed by atoms with Gasteiger partial charge in [0.2, 0.25) is 0 Å². The SMILES string of the molecule is COc1ccc(F)cc1C(C)NCc1cc(Br)ccc1F. The molecular weight excluding hydrogens is 340 g/mol. The third-order valence-corrected chi connectivity index (χ3v) is 3.76. The molecule has 0 heterocycles. The maximum absolute atomic E-state index is 13.7. The molecule has 0 amide bonds. The summed E-state index contributed by atoms with van der Waals surface area (Å²) in [5, 5.41) is 3.18. The summed E-state index contributed by atoms with van der Waals surface area (Å²) < 4.78 is 33.1. The number of halogens is 3. The molecule has 2 nitrogen and oxygen atoms in total. The highest BCUT2D eigenvalue weighted by Gasteiger charge is 2.13. The number of hydrogen-bond donors (Lipinski definition) is 1. The molecule has 0 radical (unpaired) electrons. The molecule has 0 fully saturated rings. The van der Waals surface area contributed by atoms with Gasteiger partial charge in [0.25, 0.3) is 0 Å². The van der Waals surface area contributed by atoms with Gasteiger partial charge in [0.15, 0.2) is 0 Å². The van der Waals surface area contributed by atoms with Gasteiger partial charge >= 0.3 is 0 Å². The van der Waals surface area contributed by atoms with Gasteiger partial charge in [-0.05, 0) is 43.3 Å². The lowest BCUT2D eigenvalue weighted by molar-refractivity contribution is 0.399. The summed E-state index contributed by atoms with van der Waals surface area (Å²) in [4.78, 5) is 0. The van der Waals surface area contributed by atoms with Crippen LogP contribution in [0.4, 0.5) is 8.78 Å². The standard InChI is InChI=1S/C16H16BrF2NO/c1-10(14-8-13(18)4-6-16(14)21-2)20-9-11-7-12(17)3-5-15(11)19/h3-8,10,20H,9H2,1-2H3. The fourth-order valence-electron chi connectivity index (χ4n) is 2.10. The Morgan fingerprint density at radius 1 is 1.19 bits per heavy atom. The Kier molecular flexibility index (Phi) is 5.31. The quantitative estimate of drug-likeness (QED) is 0.846. The van der Waals surface area contributed by atoms with E-state index in [1.54, 1.807) is 18.2 Å². The van der Waals surface area contributed by atoms with Crippen molar-refractivity contribution < 1.29 is 13.5 Å². The Balaban J connectivity index is 2.13. The largest absolute Gasteiger partial charge is 0.496 e. The summed E-state index contributed by atoms with van der Waals surface area (Å²) in [5.41, 5.74) is 1.25. The van der Waals surface area contributed by atoms with E-state index in [0.29, 0.717) is 23.4 Å². The van der Waals surface area contributed by atoms with Crippen LogP contribution < -0.4 is 10.1 Å². The van der Waals surface area contributed by atoms with E-state index in [1.165, 1.54) is 25.3 Å². The van der Waals surface area contributed by atoms with Gasteiger partial charge in [-0.15, -0.1) is 0 Å². The summed E-state index contributed by atoms with van der Waals surface area (Å²) in [6.45, 7) is 2.22. The van der Waals surface area contributed by atoms with Crippen LogP contribution in [-0.4, -0.2) is 7.11 Å². The van der Waals surface area contributed by atoms with Crippen molar-refractivity contribution in [1.82, 2.24) is 5.32 Å². The van der Waals surface area contributed by atoms with E-state index in [0.717, 1.165) is 4.47 Å². The van der Waals surface area contributed by atoms with Crippen LogP contribution in [0.25, 0.3) is 0 Å². The molecule has 2 aromatic carbocycles. The molecule has 112 valence electrons. The highest BCUT2D eigenvalue weighted by molar-refractivity contribution is 9.10. The van der Waals surface area contributed by atoms with E-state index in [1.807, 2.05) is 6.92 Å². The average molecular weight is 356 g/mol. The van der Waals surface area contributed by atoms with Crippen molar-refractivity contribution in [3.63, 3.8) is 0 Å². The zero-order chi connectivity index (χ0) is 15.4. The Hall–Kier alpha value is -1.46. The van der Waals surface area contributed by atoms with Crippen molar-refractivity contribution in [2.75, 3.05) is 7.11 Å². The number of rotatable bonds is 5. The van der Waals surface area contributed by atoms with Crippen molar-refractivity contribution in [1.29, 1.82) is 0 Å². The highest BCUT2D eigenvalue weighted by atomic mass is 79.9. The summed E-state index contributed by atoms with van der Waals surface area (Å²) in [6.07, 6.45) is 0. The summed E-state index contributed by atoms with van der Waals surface area (Å²) >= 11 is 3.32. The topological polar surface area (TPSA) is 21.3 Å². The van der Waals surface area contributed by atoms with Crippen LogP contribution in [-0.2, 0) is 6.54 Å². The van der Waals surface area contributed by atoms with Gasteiger partial charge in [0.1, 0.15) is 17.4 Å². The van der Waals surface area contributed by atoms with Gasteiger partial charge in [-0.3, -0.25) is 0 Å². The molecule has 1 atom stereocenters. The maximum Gasteiger partial charge on any atom is 0.127 e. The Labute approximate surface area is 131 Å². The van der Waals surface area contributed by atoms with E-state index in [4.69, 9.17) is 4.74 Å². The van der Waals surface area contributed by atoms with Crippen LogP contribution in [0.5, 0.6) is 5.75 Å². The lowest BCUT2D eigenvalue weighted by Gasteiger charge is -2.18. The van der Waals surface area contributed by atoms with Gasteiger partial charge in [-0.25, -0.2) is 8.78 Å². The molecule has 0 aromatic heterocycles. The minimum atomic E-state index is -0.326. The van der Waals surface area contributed by atoms with Gasteiger partial charge in [-0.1, -0.05) is 15.9 Å². The molecule has 1 unspecified atom stereocenters. The van der Waals surface area contributed by atoms with E-state index in [9.17, 15) is 8.78 Å². The van der Waals surface area contributed by atoms with Crippen LogP contribution >= 0.6 is 15.9 Å². The Morgan fingerprint density at radius 2 is 1.95 bits per heavy atom. The molecule has 0 saturated carbocycles. The number of nitrogens with one attached hydrogen (secondary N) is 1. The molecule has 0 bridgehead atoms. The minimum Gasteiger partial charge on any atom is -0.496 e. The molecule has 0 saturated heterocycles. The van der Waals surface area contributed by atoms with Gasteiger partial charge in [-0.2, -0.15) is 0 Å². The van der Waals surface area contributed by atoms with Crippen LogP contribution in [0.2, 0.25) is 0 Å². The molecule has 21 heavy (non-hydrogen) atoms. The van der Waals surface area contributed by atoms with Crippen molar-refractivity contribution in [2.24, 2.45) is 0 Å². The monoisotopic (exact) mass is 355 g/mol. The third-order valence-electron chi connectivity index (χ3n) is 3.26. The summed E-state index contributed by atoms with van der Waals surface area (Å²) in [6, 6.07) is 8.97. The number of ether oxygens (including phenoxy) is 1. The van der Waals surface area contributed by atoms with Gasteiger partial charge in [0.05, 0.1) is 7.11 Å². The normalized spacial score (nSPS) is 12.2. The second kappa shape index (κ2) is 7.00. The van der Waals surface area contributed by atoms with Crippen LogP contribution in [0.3, 0.4) is 0 Å². The average Bonchev–Trinajstić information content (AvgIpc) is 2.47. The smallest absolute Gasteiger partial charge is 0.127 e. The van der Waals surface area contributed by atoms with Crippen molar-refractivity contribution in [3.05, 3.63) is 63.6 Å². The van der Waals surface area contributed by atoms with Crippen LogP contribution in [0.15, 0.2) is 40.9 Å². The summed E-state index contributed by atoms with van der Waals surface area (Å²) in [5.74, 6) is 0.00306. The fourth-order valence-corrected chi connectivity index (χ4v) is 2.50. The Morgan fingerprint density at radius 3 is 2.67 bits per heavy atom.